The fourth-order valence-corrected chi connectivity index (χ4v) is 3.95. The van der Waals surface area contributed by atoms with Gasteiger partial charge in [0.2, 0.25) is 0 Å². The minimum absolute atomic E-state index is 1.26. The van der Waals surface area contributed by atoms with Crippen LogP contribution in [0.4, 0.5) is 0 Å². The van der Waals surface area contributed by atoms with Crippen LogP contribution >= 0.6 is 0 Å². The Kier molecular flexibility index (Phi) is 3.86. The van der Waals surface area contributed by atoms with Gasteiger partial charge in [-0.1, -0.05) is 0 Å². The molecule has 0 heterocycles. The van der Waals surface area contributed by atoms with Crippen LogP contribution in [0.2, 0.25) is 19.3 Å². The molecule has 0 radical (unpaired) electrons. The quantitative estimate of drug-likeness (QED) is 0.518. The van der Waals surface area contributed by atoms with Crippen molar-refractivity contribution in [2.24, 2.45) is 0 Å². The van der Waals surface area contributed by atoms with E-state index in [9.17, 15) is 0 Å². The molecule has 54 valence electrons. The average molecular weight is 233 g/mol. The van der Waals surface area contributed by atoms with Crippen LogP contribution in [0.1, 0.15) is 13.3 Å². The standard InChI is InChI=1S/C5H9.3CH3.Sn/c1-4-5(2)3;;;;/h1-2,4H2,3H3;3*1H3;. The first kappa shape index (κ1) is 9.54. The Hall–Kier alpha value is 0.539. The summed E-state index contributed by atoms with van der Waals surface area (Å²) < 4.78 is 1.46. The molecule has 0 aromatic heterocycles. The molecule has 0 spiro atoms. The molecule has 0 N–H and O–H groups in total. The first-order valence-electron chi connectivity index (χ1n) is 3.56. The van der Waals surface area contributed by atoms with Crippen molar-refractivity contribution in [2.45, 2.75) is 32.6 Å². The summed E-state index contributed by atoms with van der Waals surface area (Å²) in [4.78, 5) is 7.41. The molecule has 9 heavy (non-hydrogen) atoms. The molecule has 0 atom stereocenters. The zero-order valence-corrected chi connectivity index (χ0v) is 9.98. The van der Waals surface area contributed by atoms with E-state index in [4.69, 9.17) is 0 Å². The van der Waals surface area contributed by atoms with Gasteiger partial charge in [-0.05, 0) is 0 Å². The van der Waals surface area contributed by atoms with E-state index in [-0.39, 0.29) is 0 Å². The molecule has 0 unspecified atom stereocenters. The summed E-state index contributed by atoms with van der Waals surface area (Å²) in [6.07, 6.45) is 1.26. The predicted molar refractivity (Wildman–Crippen MR) is 47.6 cm³/mol. The van der Waals surface area contributed by atoms with Gasteiger partial charge >= 0.3 is 63.1 Å². The first-order valence-corrected chi connectivity index (χ1v) is 14.1. The molecule has 0 amide bonds. The molecule has 0 rings (SSSR count). The molecule has 0 aliphatic heterocycles. The molecule has 1 heteroatoms. The molecule has 0 aromatic rings. The second-order valence-electron chi connectivity index (χ2n) is 4.02. The van der Waals surface area contributed by atoms with Crippen LogP contribution < -0.4 is 0 Å². The molecule has 0 aromatic carbocycles. The second-order valence-corrected chi connectivity index (χ2v) is 20.1. The van der Waals surface area contributed by atoms with Gasteiger partial charge in [0.25, 0.3) is 0 Å². The third kappa shape index (κ3) is 8.54. The Labute approximate surface area is 63.2 Å². The van der Waals surface area contributed by atoms with E-state index in [0.29, 0.717) is 0 Å². The van der Waals surface area contributed by atoms with Crippen LogP contribution in [0.15, 0.2) is 12.2 Å². The molecule has 0 aliphatic rings. The average Bonchev–Trinajstić information content (AvgIpc) is 1.59. The fourth-order valence-electron chi connectivity index (χ4n) is 0.588. The SMILES string of the molecule is C=C(C)C[CH2][Sn]([CH3])([CH3])[CH3]. The topological polar surface area (TPSA) is 0 Å². The monoisotopic (exact) mass is 234 g/mol. The molecule has 0 nitrogen and oxygen atoms in total. The summed E-state index contributed by atoms with van der Waals surface area (Å²) in [6.45, 7) is 6.01. The first-order chi connectivity index (χ1) is 3.92. The third-order valence-electron chi connectivity index (χ3n) is 1.30. The van der Waals surface area contributed by atoms with Crippen LogP contribution in [0.3, 0.4) is 0 Å². The van der Waals surface area contributed by atoms with E-state index in [0.717, 1.165) is 0 Å². The summed E-state index contributed by atoms with van der Waals surface area (Å²) >= 11 is -1.42. The number of rotatable bonds is 3. The molecule has 0 fully saturated rings. The third-order valence-corrected chi connectivity index (χ3v) is 6.30. The normalized spacial score (nSPS) is 11.6. The van der Waals surface area contributed by atoms with Crippen molar-refractivity contribution in [2.75, 3.05) is 0 Å². The molecular weight excluding hydrogens is 215 g/mol. The van der Waals surface area contributed by atoms with E-state index >= 15 is 0 Å². The molecule has 0 saturated carbocycles. The maximum atomic E-state index is 3.89. The van der Waals surface area contributed by atoms with Crippen molar-refractivity contribution in [3.63, 3.8) is 0 Å². The zero-order chi connectivity index (χ0) is 7.49. The summed E-state index contributed by atoms with van der Waals surface area (Å²) in [5.41, 5.74) is 1.35. The Morgan fingerprint density at radius 2 is 1.78 bits per heavy atom. The minimum atomic E-state index is -1.42. The van der Waals surface area contributed by atoms with Gasteiger partial charge in [-0.2, -0.15) is 0 Å². The van der Waals surface area contributed by atoms with Crippen molar-refractivity contribution in [1.82, 2.24) is 0 Å². The van der Waals surface area contributed by atoms with Gasteiger partial charge in [0.1, 0.15) is 0 Å². The van der Waals surface area contributed by atoms with Crippen molar-refractivity contribution in [3.05, 3.63) is 12.2 Å². The molecule has 0 bridgehead atoms. The Morgan fingerprint density at radius 1 is 1.33 bits per heavy atom. The van der Waals surface area contributed by atoms with Gasteiger partial charge < -0.3 is 0 Å². The van der Waals surface area contributed by atoms with Crippen molar-refractivity contribution < 1.29 is 0 Å². The van der Waals surface area contributed by atoms with Crippen molar-refractivity contribution in [3.8, 4) is 0 Å². The van der Waals surface area contributed by atoms with E-state index in [1.165, 1.54) is 16.4 Å². The van der Waals surface area contributed by atoms with Crippen LogP contribution in [-0.2, 0) is 0 Å². The van der Waals surface area contributed by atoms with Gasteiger partial charge in [-0.25, -0.2) is 0 Å². The maximum absolute atomic E-state index is 3.89. The Bertz CT molecular complexity index is 97.6. The predicted octanol–water partition coefficient (Wildman–Crippen LogP) is 3.29. The van der Waals surface area contributed by atoms with Crippen molar-refractivity contribution >= 4 is 18.4 Å². The number of hydrogen-bond acceptors (Lipinski definition) is 0. The van der Waals surface area contributed by atoms with Gasteiger partial charge in [-0.15, -0.1) is 0 Å². The molecule has 0 saturated heterocycles. The fraction of sp³-hybridized carbons (Fsp3) is 0.750. The Balaban J connectivity index is 3.39. The van der Waals surface area contributed by atoms with Crippen LogP contribution in [0.5, 0.6) is 0 Å². The second kappa shape index (κ2) is 3.64. The van der Waals surface area contributed by atoms with Gasteiger partial charge in [-0.3, -0.25) is 0 Å². The van der Waals surface area contributed by atoms with Crippen LogP contribution in [0, 0.1) is 0 Å². The Morgan fingerprint density at radius 3 is 1.89 bits per heavy atom. The van der Waals surface area contributed by atoms with Crippen LogP contribution in [0.25, 0.3) is 0 Å². The summed E-state index contributed by atoms with van der Waals surface area (Å²) in [7, 11) is 0. The van der Waals surface area contributed by atoms with Gasteiger partial charge in [0.05, 0.1) is 0 Å². The van der Waals surface area contributed by atoms with Gasteiger partial charge in [0, 0.05) is 0 Å². The van der Waals surface area contributed by atoms with Crippen LogP contribution in [-0.4, -0.2) is 18.4 Å². The molecule has 0 aliphatic carbocycles. The van der Waals surface area contributed by atoms with E-state index in [1.54, 1.807) is 0 Å². The summed E-state index contributed by atoms with van der Waals surface area (Å²) in [5.74, 6) is 0. The van der Waals surface area contributed by atoms with Gasteiger partial charge in [0.15, 0.2) is 0 Å². The van der Waals surface area contributed by atoms with E-state index in [1.807, 2.05) is 0 Å². The van der Waals surface area contributed by atoms with E-state index < -0.39 is 18.4 Å². The summed E-state index contributed by atoms with van der Waals surface area (Å²) in [5, 5.41) is 0. The summed E-state index contributed by atoms with van der Waals surface area (Å²) in [6, 6.07) is 0. The zero-order valence-electron chi connectivity index (χ0n) is 7.12. The van der Waals surface area contributed by atoms with E-state index in [2.05, 4.69) is 28.3 Å². The van der Waals surface area contributed by atoms with Crippen molar-refractivity contribution in [1.29, 1.82) is 0 Å². The number of allylic oxidation sites excluding steroid dienone is 1. The molecular formula is C8H18Sn. The number of hydrogen-bond donors (Lipinski definition) is 0.